The lowest BCUT2D eigenvalue weighted by atomic mass is 9.95. The first-order valence-electron chi connectivity index (χ1n) is 6.08. The molecule has 3 N–H and O–H groups in total. The first-order chi connectivity index (χ1) is 8.17. The Bertz CT molecular complexity index is 355. The Balaban J connectivity index is 1.93. The summed E-state index contributed by atoms with van der Waals surface area (Å²) in [4.78, 5) is 8.29. The number of hydrogen-bond acceptors (Lipinski definition) is 5. The number of thioether (sulfide) groups is 1. The minimum atomic E-state index is 0.352. The van der Waals surface area contributed by atoms with Crippen molar-refractivity contribution in [1.82, 2.24) is 9.97 Å². The van der Waals surface area contributed by atoms with Gasteiger partial charge in [-0.05, 0) is 38.9 Å². The molecule has 1 aromatic rings. The van der Waals surface area contributed by atoms with Crippen LogP contribution in [0.15, 0.2) is 6.07 Å². The van der Waals surface area contributed by atoms with E-state index in [2.05, 4.69) is 21.5 Å². The Kier molecular flexibility index (Phi) is 4.10. The molecule has 1 aromatic heterocycles. The second-order valence-electron chi connectivity index (χ2n) is 4.61. The van der Waals surface area contributed by atoms with E-state index in [0.717, 1.165) is 16.8 Å². The highest BCUT2D eigenvalue weighted by molar-refractivity contribution is 7.99. The van der Waals surface area contributed by atoms with Crippen LogP contribution in [0.5, 0.6) is 0 Å². The smallest absolute Gasteiger partial charge is 0.222 e. The van der Waals surface area contributed by atoms with Crippen LogP contribution in [0.4, 0.5) is 11.8 Å². The molecule has 1 heterocycles. The van der Waals surface area contributed by atoms with Crippen LogP contribution in [0.1, 0.15) is 31.4 Å². The number of nitrogens with zero attached hydrogens (tertiary/aromatic N) is 2. The van der Waals surface area contributed by atoms with Gasteiger partial charge in [-0.15, -0.1) is 0 Å². The Labute approximate surface area is 107 Å². The van der Waals surface area contributed by atoms with E-state index >= 15 is 0 Å². The Morgan fingerprint density at radius 2 is 2.00 bits per heavy atom. The molecule has 5 heteroatoms. The summed E-state index contributed by atoms with van der Waals surface area (Å²) >= 11 is 1.99. The summed E-state index contributed by atoms with van der Waals surface area (Å²) in [5, 5.41) is 4.30. The third-order valence-corrected chi connectivity index (χ3v) is 4.37. The number of nitrogens with one attached hydrogen (secondary N) is 1. The van der Waals surface area contributed by atoms with Crippen molar-refractivity contribution in [2.75, 3.05) is 17.3 Å². The molecule has 1 aliphatic rings. The van der Waals surface area contributed by atoms with Crippen LogP contribution < -0.4 is 11.1 Å². The minimum absolute atomic E-state index is 0.352. The number of nitrogen functional groups attached to an aromatic ring is 1. The number of rotatable bonds is 3. The first-order valence-corrected chi connectivity index (χ1v) is 7.36. The van der Waals surface area contributed by atoms with Crippen LogP contribution in [0.25, 0.3) is 0 Å². The second-order valence-corrected chi connectivity index (χ2v) is 5.74. The first kappa shape index (κ1) is 12.5. The molecule has 1 fully saturated rings. The van der Waals surface area contributed by atoms with Gasteiger partial charge in [0, 0.05) is 23.1 Å². The quantitative estimate of drug-likeness (QED) is 0.865. The molecule has 0 aromatic carbocycles. The number of hydrogen-bond donors (Lipinski definition) is 2. The van der Waals surface area contributed by atoms with Crippen LogP contribution in [0.3, 0.4) is 0 Å². The minimum Gasteiger partial charge on any atom is -0.368 e. The van der Waals surface area contributed by atoms with Gasteiger partial charge >= 0.3 is 0 Å². The van der Waals surface area contributed by atoms with E-state index in [1.807, 2.05) is 24.8 Å². The SMILES string of the molecule is CSC1CCC(Nc2cc(C)nc(N)n2)CC1. The van der Waals surface area contributed by atoms with E-state index in [1.54, 1.807) is 0 Å². The van der Waals surface area contributed by atoms with Crippen LogP contribution in [0.2, 0.25) is 0 Å². The number of aryl methyl sites for hydroxylation is 1. The van der Waals surface area contributed by atoms with Crippen LogP contribution >= 0.6 is 11.8 Å². The highest BCUT2D eigenvalue weighted by atomic mass is 32.2. The highest BCUT2D eigenvalue weighted by Crippen LogP contribution is 2.28. The maximum Gasteiger partial charge on any atom is 0.222 e. The summed E-state index contributed by atoms with van der Waals surface area (Å²) in [7, 11) is 0. The third kappa shape index (κ3) is 3.49. The molecule has 0 saturated heterocycles. The highest BCUT2D eigenvalue weighted by Gasteiger charge is 2.20. The average molecular weight is 252 g/mol. The predicted octanol–water partition coefficient (Wildman–Crippen LogP) is 2.45. The molecule has 0 bridgehead atoms. The summed E-state index contributed by atoms with van der Waals surface area (Å²) in [5.41, 5.74) is 6.56. The molecule has 1 saturated carbocycles. The second kappa shape index (κ2) is 5.58. The zero-order valence-electron chi connectivity index (χ0n) is 10.4. The van der Waals surface area contributed by atoms with Crippen LogP contribution in [-0.4, -0.2) is 27.5 Å². The number of nitrogens with two attached hydrogens (primary N) is 1. The van der Waals surface area contributed by atoms with E-state index in [9.17, 15) is 0 Å². The summed E-state index contributed by atoms with van der Waals surface area (Å²) in [6, 6.07) is 2.49. The van der Waals surface area contributed by atoms with E-state index < -0.39 is 0 Å². The monoisotopic (exact) mass is 252 g/mol. The molecular formula is C12H20N4S. The number of aromatic nitrogens is 2. The van der Waals surface area contributed by atoms with Crippen molar-refractivity contribution in [2.45, 2.75) is 43.9 Å². The molecule has 0 aliphatic heterocycles. The van der Waals surface area contributed by atoms with Gasteiger partial charge in [0.05, 0.1) is 0 Å². The fourth-order valence-electron chi connectivity index (χ4n) is 2.32. The topological polar surface area (TPSA) is 63.8 Å². The zero-order chi connectivity index (χ0) is 12.3. The third-order valence-electron chi connectivity index (χ3n) is 3.23. The summed E-state index contributed by atoms with van der Waals surface area (Å²) in [6.07, 6.45) is 7.21. The molecule has 0 spiro atoms. The molecule has 94 valence electrons. The van der Waals surface area contributed by atoms with Gasteiger partial charge in [0.15, 0.2) is 0 Å². The van der Waals surface area contributed by atoms with Gasteiger partial charge in [-0.2, -0.15) is 16.7 Å². The average Bonchev–Trinajstić information content (AvgIpc) is 2.28. The van der Waals surface area contributed by atoms with Gasteiger partial charge in [0.25, 0.3) is 0 Å². The lowest BCUT2D eigenvalue weighted by Crippen LogP contribution is -2.27. The van der Waals surface area contributed by atoms with Crippen LogP contribution in [0, 0.1) is 6.92 Å². The predicted molar refractivity (Wildman–Crippen MR) is 74.4 cm³/mol. The summed E-state index contributed by atoms with van der Waals surface area (Å²) < 4.78 is 0. The standard InChI is InChI=1S/C12H20N4S/c1-8-7-11(16-12(13)14-8)15-9-3-5-10(17-2)6-4-9/h7,9-10H,3-6H2,1-2H3,(H3,13,14,15,16). The van der Waals surface area contributed by atoms with Gasteiger partial charge in [0.2, 0.25) is 5.95 Å². The largest absolute Gasteiger partial charge is 0.368 e. The zero-order valence-corrected chi connectivity index (χ0v) is 11.3. The van der Waals surface area contributed by atoms with Crippen molar-refractivity contribution in [3.8, 4) is 0 Å². The Morgan fingerprint density at radius 3 is 2.59 bits per heavy atom. The molecule has 17 heavy (non-hydrogen) atoms. The van der Waals surface area contributed by atoms with E-state index in [1.165, 1.54) is 25.7 Å². The van der Waals surface area contributed by atoms with Gasteiger partial charge < -0.3 is 11.1 Å². The van der Waals surface area contributed by atoms with Crippen molar-refractivity contribution in [2.24, 2.45) is 0 Å². The number of anilines is 2. The van der Waals surface area contributed by atoms with Crippen molar-refractivity contribution in [3.05, 3.63) is 11.8 Å². The Morgan fingerprint density at radius 1 is 1.29 bits per heavy atom. The van der Waals surface area contributed by atoms with Crippen molar-refractivity contribution < 1.29 is 0 Å². The van der Waals surface area contributed by atoms with Gasteiger partial charge in [-0.25, -0.2) is 4.98 Å². The van der Waals surface area contributed by atoms with Crippen molar-refractivity contribution in [1.29, 1.82) is 0 Å². The van der Waals surface area contributed by atoms with Gasteiger partial charge in [-0.3, -0.25) is 0 Å². The Hall–Kier alpha value is -0.970. The molecule has 0 atom stereocenters. The van der Waals surface area contributed by atoms with Gasteiger partial charge in [0.1, 0.15) is 5.82 Å². The normalized spacial score (nSPS) is 24.6. The molecular weight excluding hydrogens is 232 g/mol. The molecule has 4 nitrogen and oxygen atoms in total. The fraction of sp³-hybridized carbons (Fsp3) is 0.667. The summed E-state index contributed by atoms with van der Waals surface area (Å²) in [5.74, 6) is 1.22. The maximum atomic E-state index is 5.64. The molecule has 0 unspecified atom stereocenters. The van der Waals surface area contributed by atoms with E-state index in [0.29, 0.717) is 12.0 Å². The van der Waals surface area contributed by atoms with Crippen molar-refractivity contribution in [3.63, 3.8) is 0 Å². The van der Waals surface area contributed by atoms with Crippen LogP contribution in [-0.2, 0) is 0 Å². The van der Waals surface area contributed by atoms with E-state index in [4.69, 9.17) is 5.73 Å². The summed E-state index contributed by atoms with van der Waals surface area (Å²) in [6.45, 7) is 1.94. The molecule has 0 amide bonds. The van der Waals surface area contributed by atoms with Gasteiger partial charge in [-0.1, -0.05) is 0 Å². The molecule has 2 rings (SSSR count). The lowest BCUT2D eigenvalue weighted by molar-refractivity contribution is 0.472. The molecule has 0 radical (unpaired) electrons. The van der Waals surface area contributed by atoms with E-state index in [-0.39, 0.29) is 0 Å². The molecule has 1 aliphatic carbocycles. The maximum absolute atomic E-state index is 5.64. The lowest BCUT2D eigenvalue weighted by Gasteiger charge is -2.28. The fourth-order valence-corrected chi connectivity index (χ4v) is 3.06. The van der Waals surface area contributed by atoms with Crippen molar-refractivity contribution >= 4 is 23.5 Å².